The number of hydrogen-bond acceptors (Lipinski definition) is 4. The summed E-state index contributed by atoms with van der Waals surface area (Å²) in [6.45, 7) is 3.77. The highest BCUT2D eigenvalue weighted by Gasteiger charge is 2.62. The fraction of sp³-hybridized carbons (Fsp3) is 0.364. The number of carbonyl (C=O) groups excluding carboxylic acids is 2. The minimum Gasteiger partial charge on any atom is -0.274 e. The van der Waals surface area contributed by atoms with E-state index in [9.17, 15) is 9.59 Å². The fourth-order valence-corrected chi connectivity index (χ4v) is 5.03. The normalized spacial score (nSPS) is 27.5. The maximum absolute atomic E-state index is 13.5. The molecule has 3 heterocycles. The van der Waals surface area contributed by atoms with Crippen LogP contribution in [-0.4, -0.2) is 41.0 Å². The molecular formula is C22H22ClN3O2. The lowest BCUT2D eigenvalue weighted by Crippen LogP contribution is -2.44. The predicted molar refractivity (Wildman–Crippen MR) is 108 cm³/mol. The SMILES string of the molecule is CCc1ccc(N2C(=O)[C@@H]3[C@@H](c4ccc(Cl)cc4)N4CCCN4[C@H]3C2=O)cc1. The van der Waals surface area contributed by atoms with Crippen LogP contribution in [0.2, 0.25) is 5.02 Å². The summed E-state index contributed by atoms with van der Waals surface area (Å²) >= 11 is 6.07. The van der Waals surface area contributed by atoms with Crippen LogP contribution in [0.5, 0.6) is 0 Å². The number of aryl methyl sites for hydroxylation is 1. The standard InChI is InChI=1S/C22H22ClN3O2/c1-2-14-4-10-17(11-5-14)26-21(27)18-19(15-6-8-16(23)9-7-15)24-12-3-13-25(24)20(18)22(26)28/h4-11,18-20H,2-3,12-13H2,1H3/t18-,19-,20-/m1/s1. The fourth-order valence-electron chi connectivity index (χ4n) is 4.91. The van der Waals surface area contributed by atoms with Gasteiger partial charge in [0.15, 0.2) is 0 Å². The third kappa shape index (κ3) is 2.54. The molecule has 144 valence electrons. The van der Waals surface area contributed by atoms with Gasteiger partial charge >= 0.3 is 0 Å². The van der Waals surface area contributed by atoms with Crippen molar-refractivity contribution < 1.29 is 9.59 Å². The first-order valence-corrected chi connectivity index (χ1v) is 10.2. The molecule has 2 aromatic rings. The minimum absolute atomic E-state index is 0.103. The van der Waals surface area contributed by atoms with E-state index >= 15 is 0 Å². The Kier molecular flexibility index (Phi) is 4.27. The molecule has 0 radical (unpaired) electrons. The Morgan fingerprint density at radius 1 is 0.893 bits per heavy atom. The molecule has 0 unspecified atom stereocenters. The van der Waals surface area contributed by atoms with Crippen LogP contribution in [0.1, 0.15) is 30.5 Å². The van der Waals surface area contributed by atoms with Crippen LogP contribution >= 0.6 is 11.6 Å². The lowest BCUT2D eigenvalue weighted by atomic mass is 9.90. The molecule has 5 rings (SSSR count). The van der Waals surface area contributed by atoms with Crippen molar-refractivity contribution in [3.8, 4) is 0 Å². The summed E-state index contributed by atoms with van der Waals surface area (Å²) in [5.74, 6) is -0.601. The summed E-state index contributed by atoms with van der Waals surface area (Å²) in [6, 6.07) is 14.9. The molecule has 0 spiro atoms. The molecular weight excluding hydrogens is 374 g/mol. The third-order valence-electron chi connectivity index (χ3n) is 6.22. The quantitative estimate of drug-likeness (QED) is 0.747. The number of halogens is 1. The van der Waals surface area contributed by atoms with E-state index < -0.39 is 6.04 Å². The maximum atomic E-state index is 13.5. The van der Waals surface area contributed by atoms with Gasteiger partial charge in [-0.1, -0.05) is 42.8 Å². The van der Waals surface area contributed by atoms with Gasteiger partial charge in [0.2, 0.25) is 5.91 Å². The van der Waals surface area contributed by atoms with Crippen molar-refractivity contribution in [3.63, 3.8) is 0 Å². The number of nitrogens with zero attached hydrogens (tertiary/aromatic N) is 3. The van der Waals surface area contributed by atoms with Crippen molar-refractivity contribution >= 4 is 29.1 Å². The van der Waals surface area contributed by atoms with E-state index in [0.29, 0.717) is 10.7 Å². The third-order valence-corrected chi connectivity index (χ3v) is 6.47. The van der Waals surface area contributed by atoms with Gasteiger partial charge in [0.1, 0.15) is 6.04 Å². The Morgan fingerprint density at radius 2 is 1.54 bits per heavy atom. The second kappa shape index (κ2) is 6.69. The van der Waals surface area contributed by atoms with Crippen molar-refractivity contribution in [1.82, 2.24) is 10.0 Å². The molecule has 2 amide bonds. The molecule has 2 aromatic carbocycles. The number of rotatable bonds is 3. The summed E-state index contributed by atoms with van der Waals surface area (Å²) in [5, 5.41) is 5.00. The molecule has 0 aliphatic carbocycles. The van der Waals surface area contributed by atoms with Crippen LogP contribution in [-0.2, 0) is 16.0 Å². The van der Waals surface area contributed by atoms with E-state index in [1.54, 1.807) is 0 Å². The molecule has 3 atom stereocenters. The van der Waals surface area contributed by atoms with Gasteiger partial charge in [-0.25, -0.2) is 14.9 Å². The zero-order chi connectivity index (χ0) is 19.4. The van der Waals surface area contributed by atoms with Crippen molar-refractivity contribution in [3.05, 3.63) is 64.7 Å². The molecule has 6 heteroatoms. The Hall–Kier alpha value is -2.21. The molecule has 28 heavy (non-hydrogen) atoms. The van der Waals surface area contributed by atoms with E-state index in [-0.39, 0.29) is 23.8 Å². The number of benzene rings is 2. The molecule has 3 aliphatic heterocycles. The molecule has 0 aromatic heterocycles. The van der Waals surface area contributed by atoms with Crippen molar-refractivity contribution in [1.29, 1.82) is 0 Å². The summed E-state index contributed by atoms with van der Waals surface area (Å²) in [5.41, 5.74) is 2.89. The average Bonchev–Trinajstić information content (AvgIpc) is 3.35. The smallest absolute Gasteiger partial charge is 0.253 e. The maximum Gasteiger partial charge on any atom is 0.253 e. The number of hydrogen-bond donors (Lipinski definition) is 0. The first kappa shape index (κ1) is 17.9. The number of anilines is 1. The number of carbonyl (C=O) groups is 2. The molecule has 3 aliphatic rings. The largest absolute Gasteiger partial charge is 0.274 e. The highest BCUT2D eigenvalue weighted by Crippen LogP contribution is 2.48. The lowest BCUT2D eigenvalue weighted by molar-refractivity contribution is -0.126. The van der Waals surface area contributed by atoms with Gasteiger partial charge in [-0.3, -0.25) is 9.59 Å². The molecule has 3 fully saturated rings. The number of fused-ring (bicyclic) bond motifs is 3. The second-order valence-corrected chi connectivity index (χ2v) is 8.12. The van der Waals surface area contributed by atoms with Crippen LogP contribution in [0, 0.1) is 5.92 Å². The molecule has 0 saturated carbocycles. The Labute approximate surface area is 169 Å². The zero-order valence-electron chi connectivity index (χ0n) is 15.7. The van der Waals surface area contributed by atoms with Gasteiger partial charge < -0.3 is 0 Å². The molecule has 0 bridgehead atoms. The van der Waals surface area contributed by atoms with Crippen LogP contribution in [0.4, 0.5) is 5.69 Å². The van der Waals surface area contributed by atoms with Crippen LogP contribution < -0.4 is 4.90 Å². The van der Waals surface area contributed by atoms with Crippen LogP contribution in [0.25, 0.3) is 0 Å². The first-order valence-electron chi connectivity index (χ1n) is 9.85. The minimum atomic E-state index is -0.415. The van der Waals surface area contributed by atoms with Crippen LogP contribution in [0.15, 0.2) is 48.5 Å². The summed E-state index contributed by atoms with van der Waals surface area (Å²) in [7, 11) is 0. The van der Waals surface area contributed by atoms with Gasteiger partial charge in [0.25, 0.3) is 5.91 Å². The summed E-state index contributed by atoms with van der Waals surface area (Å²) in [6.07, 6.45) is 1.93. The Balaban J connectivity index is 1.55. The summed E-state index contributed by atoms with van der Waals surface area (Å²) in [4.78, 5) is 28.2. The van der Waals surface area contributed by atoms with Gasteiger partial charge in [-0.2, -0.15) is 0 Å². The van der Waals surface area contributed by atoms with E-state index in [1.807, 2.05) is 48.5 Å². The van der Waals surface area contributed by atoms with E-state index in [0.717, 1.165) is 31.5 Å². The molecule has 3 saturated heterocycles. The Morgan fingerprint density at radius 3 is 2.18 bits per heavy atom. The zero-order valence-corrected chi connectivity index (χ0v) is 16.5. The molecule has 5 nitrogen and oxygen atoms in total. The monoisotopic (exact) mass is 395 g/mol. The summed E-state index contributed by atoms with van der Waals surface area (Å²) < 4.78 is 0. The number of amides is 2. The van der Waals surface area contributed by atoms with E-state index in [1.165, 1.54) is 10.5 Å². The van der Waals surface area contributed by atoms with Crippen molar-refractivity contribution in [2.45, 2.75) is 31.8 Å². The van der Waals surface area contributed by atoms with E-state index in [2.05, 4.69) is 16.9 Å². The molecule has 0 N–H and O–H groups in total. The lowest BCUT2D eigenvalue weighted by Gasteiger charge is -2.29. The van der Waals surface area contributed by atoms with Crippen LogP contribution in [0.3, 0.4) is 0 Å². The van der Waals surface area contributed by atoms with Gasteiger partial charge in [0, 0.05) is 18.1 Å². The van der Waals surface area contributed by atoms with Gasteiger partial charge in [0.05, 0.1) is 17.6 Å². The average molecular weight is 396 g/mol. The number of hydrazine groups is 1. The predicted octanol–water partition coefficient (Wildman–Crippen LogP) is 3.44. The highest BCUT2D eigenvalue weighted by molar-refractivity contribution is 6.30. The van der Waals surface area contributed by atoms with Crippen molar-refractivity contribution in [2.75, 3.05) is 18.0 Å². The van der Waals surface area contributed by atoms with Gasteiger partial charge in [-0.15, -0.1) is 0 Å². The van der Waals surface area contributed by atoms with E-state index in [4.69, 9.17) is 11.6 Å². The Bertz CT molecular complexity index is 928. The topological polar surface area (TPSA) is 43.9 Å². The second-order valence-electron chi connectivity index (χ2n) is 7.68. The number of imide groups is 1. The van der Waals surface area contributed by atoms with Crippen molar-refractivity contribution in [2.24, 2.45) is 5.92 Å². The van der Waals surface area contributed by atoms with Gasteiger partial charge in [-0.05, 0) is 48.2 Å². The first-order chi connectivity index (χ1) is 13.6. The highest BCUT2D eigenvalue weighted by atomic mass is 35.5.